The van der Waals surface area contributed by atoms with Crippen molar-refractivity contribution in [3.63, 3.8) is 0 Å². The summed E-state index contributed by atoms with van der Waals surface area (Å²) in [6.07, 6.45) is 7.98. The summed E-state index contributed by atoms with van der Waals surface area (Å²) in [4.78, 5) is 38.0. The molecule has 14 atom stereocenters. The van der Waals surface area contributed by atoms with Gasteiger partial charge in [-0.05, 0) is 93.0 Å². The summed E-state index contributed by atoms with van der Waals surface area (Å²) < 4.78 is 25.2. The number of Topliss-reactive ketones (excluding diaryl/α,β-unsaturated/α-hetero) is 1. The van der Waals surface area contributed by atoms with Gasteiger partial charge in [0.15, 0.2) is 5.78 Å². The number of esters is 1. The highest BCUT2D eigenvalue weighted by atomic mass is 32.2. The third kappa shape index (κ3) is 4.87. The van der Waals surface area contributed by atoms with Gasteiger partial charge in [-0.25, -0.2) is 4.79 Å². The van der Waals surface area contributed by atoms with Crippen LogP contribution in [0.1, 0.15) is 88.4 Å². The molecule has 1 aromatic rings. The Labute approximate surface area is 303 Å². The Morgan fingerprint density at radius 3 is 2.63 bits per heavy atom. The van der Waals surface area contributed by atoms with Crippen molar-refractivity contribution in [1.29, 1.82) is 0 Å². The van der Waals surface area contributed by atoms with Gasteiger partial charge in [0.25, 0.3) is 0 Å². The number of aliphatic hydroxyl groups is 2. The number of aliphatic hydroxyl groups excluding tert-OH is 1. The normalized spacial score (nSPS) is 49.9. The van der Waals surface area contributed by atoms with Crippen molar-refractivity contribution in [2.24, 2.45) is 39.9 Å². The van der Waals surface area contributed by atoms with Gasteiger partial charge in [-0.15, -0.1) is 11.8 Å². The largest absolute Gasteiger partial charge is 0.458 e. The Hall–Kier alpha value is -2.12. The molecule has 3 N–H and O–H groups in total. The highest BCUT2D eigenvalue weighted by molar-refractivity contribution is 8.01. The number of ether oxygens (including phenoxy) is 4. The molecule has 0 bridgehead atoms. The average molecular weight is 722 g/mol. The maximum absolute atomic E-state index is 13.7. The molecule has 276 valence electrons. The van der Waals surface area contributed by atoms with Crippen molar-refractivity contribution in [3.05, 3.63) is 47.5 Å². The minimum absolute atomic E-state index is 0.0491. The van der Waals surface area contributed by atoms with Crippen molar-refractivity contribution >= 4 is 29.8 Å². The average Bonchev–Trinajstić information content (AvgIpc) is 3.82. The van der Waals surface area contributed by atoms with E-state index in [0.29, 0.717) is 43.6 Å². The fourth-order valence-electron chi connectivity index (χ4n) is 12.9. The van der Waals surface area contributed by atoms with E-state index in [1.807, 2.05) is 37.3 Å². The lowest BCUT2D eigenvalue weighted by molar-refractivity contribution is -0.448. The van der Waals surface area contributed by atoms with Crippen LogP contribution in [0.3, 0.4) is 0 Å². The van der Waals surface area contributed by atoms with Crippen LogP contribution in [0.5, 0.6) is 0 Å². The maximum atomic E-state index is 13.7. The van der Waals surface area contributed by atoms with Gasteiger partial charge in [-0.3, -0.25) is 10.1 Å². The molecule has 10 nitrogen and oxygen atoms in total. The molecule has 4 heterocycles. The molecule has 1 spiro atoms. The summed E-state index contributed by atoms with van der Waals surface area (Å²) in [5.74, 6) is -0.919. The summed E-state index contributed by atoms with van der Waals surface area (Å²) in [7, 11) is 0. The molecule has 3 saturated heterocycles. The van der Waals surface area contributed by atoms with E-state index in [-0.39, 0.29) is 71.1 Å². The first-order valence-electron chi connectivity index (χ1n) is 19.2. The smallest absolute Gasteiger partial charge is 0.331 e. The fourth-order valence-corrected chi connectivity index (χ4v) is 14.6. The van der Waals surface area contributed by atoms with E-state index in [4.69, 9.17) is 18.9 Å². The molecule has 4 saturated carbocycles. The molecule has 9 rings (SSSR count). The van der Waals surface area contributed by atoms with Crippen molar-refractivity contribution < 1.29 is 43.5 Å². The maximum Gasteiger partial charge on any atom is 0.331 e. The van der Waals surface area contributed by atoms with Gasteiger partial charge in [0, 0.05) is 53.7 Å². The van der Waals surface area contributed by atoms with Crippen molar-refractivity contribution in [2.75, 3.05) is 19.0 Å². The van der Waals surface area contributed by atoms with Gasteiger partial charge in [0.2, 0.25) is 12.1 Å². The minimum atomic E-state index is -1.83. The predicted octanol–water partition coefficient (Wildman–Crippen LogP) is 4.56. The van der Waals surface area contributed by atoms with Crippen LogP contribution in [-0.4, -0.2) is 88.5 Å². The van der Waals surface area contributed by atoms with Crippen LogP contribution in [0, 0.1) is 39.9 Å². The number of benzene rings is 1. The molecule has 8 aliphatic rings. The van der Waals surface area contributed by atoms with Gasteiger partial charge < -0.3 is 34.0 Å². The molecule has 4 aliphatic carbocycles. The van der Waals surface area contributed by atoms with Crippen molar-refractivity contribution in [1.82, 2.24) is 5.32 Å². The van der Waals surface area contributed by atoms with Crippen LogP contribution in [0.25, 0.3) is 0 Å². The van der Waals surface area contributed by atoms with E-state index in [9.17, 15) is 24.6 Å². The van der Waals surface area contributed by atoms with Gasteiger partial charge in [0.1, 0.15) is 17.8 Å². The van der Waals surface area contributed by atoms with E-state index >= 15 is 0 Å². The number of ketones is 1. The summed E-state index contributed by atoms with van der Waals surface area (Å²) >= 11 is 1.58. The molecule has 1 aromatic carbocycles. The number of aldehydes is 1. The topological polar surface area (TPSA) is 141 Å². The van der Waals surface area contributed by atoms with E-state index in [2.05, 4.69) is 12.2 Å². The molecule has 0 aromatic heterocycles. The second-order valence-corrected chi connectivity index (χ2v) is 18.6. The zero-order valence-corrected chi connectivity index (χ0v) is 30.4. The molecule has 51 heavy (non-hydrogen) atoms. The lowest BCUT2D eigenvalue weighted by Crippen LogP contribution is -2.76. The molecule has 0 radical (unpaired) electrons. The highest BCUT2D eigenvalue weighted by Gasteiger charge is 2.73. The van der Waals surface area contributed by atoms with Gasteiger partial charge >= 0.3 is 5.97 Å². The van der Waals surface area contributed by atoms with Gasteiger partial charge in [-0.2, -0.15) is 0 Å². The Morgan fingerprint density at radius 1 is 1.06 bits per heavy atom. The molecule has 4 aliphatic heterocycles. The molecular formula is C40H51NO9S. The zero-order valence-electron chi connectivity index (χ0n) is 29.6. The molecule has 1 unspecified atom stereocenters. The highest BCUT2D eigenvalue weighted by Crippen LogP contribution is 2.73. The summed E-state index contributed by atoms with van der Waals surface area (Å²) in [5.41, 5.74) is 0.500. The Balaban J connectivity index is 0.983. The van der Waals surface area contributed by atoms with Crippen LogP contribution in [-0.2, 0) is 28.5 Å². The number of carbonyl (C=O) groups excluding carboxylic acids is 3. The number of cyclic esters (lactones) is 1. The predicted molar refractivity (Wildman–Crippen MR) is 187 cm³/mol. The van der Waals surface area contributed by atoms with E-state index in [0.717, 1.165) is 44.1 Å². The minimum Gasteiger partial charge on any atom is -0.458 e. The number of thioether (sulfide) groups is 1. The first kappa shape index (κ1) is 34.6. The SMILES string of the molecule is C[C@@H]1C[C@@]2(N[C@H](CC(=O)c3ccccc3)CS2)C2(O)O[C@@H]3C[C@@]4(C=O)[C@@H](CC[C@@H]5[C@@H]4CC[C@]4(C)[C@@H](C6=CC(=O)OC6)CC[C@]54CO)C[C@H]3O[C@@H]2O1. The monoisotopic (exact) mass is 721 g/mol. The van der Waals surface area contributed by atoms with Crippen LogP contribution >= 0.6 is 11.8 Å². The quantitative estimate of drug-likeness (QED) is 0.165. The van der Waals surface area contributed by atoms with E-state index in [1.165, 1.54) is 6.29 Å². The standard InChI is InChI=1S/C40H51NO9S/c1-23-17-39(41-27(20-51-39)16-31(44)24-6-4-3-5-7-24)40(46)35(48-23)49-32-15-26-8-9-30-29(37(26,21-42)18-33(32)50-40)10-12-36(2)28(11-13-38(30,36)22-43)25-14-34(45)47-19-25/h3-7,14,21,23,26-30,32-33,35,41,43,46H,8-13,15-20,22H2,1-2H3/t23-,26+,27-,28-,29+,30-,32-,33-,35+,36-,37-,38+,39+,40?/m1/s1. The Bertz CT molecular complexity index is 1620. The second kappa shape index (κ2) is 12.2. The zero-order chi connectivity index (χ0) is 35.4. The van der Waals surface area contributed by atoms with E-state index in [1.54, 1.807) is 17.8 Å². The first-order chi connectivity index (χ1) is 24.5. The van der Waals surface area contributed by atoms with Crippen LogP contribution < -0.4 is 5.32 Å². The molecule has 0 amide bonds. The molecular weight excluding hydrogens is 671 g/mol. The van der Waals surface area contributed by atoms with Crippen LogP contribution in [0.2, 0.25) is 0 Å². The summed E-state index contributed by atoms with van der Waals surface area (Å²) in [6.45, 7) is 4.68. The van der Waals surface area contributed by atoms with Gasteiger partial charge in [0.05, 0.1) is 18.3 Å². The lowest BCUT2D eigenvalue weighted by atomic mass is 9.40. The first-order valence-corrected chi connectivity index (χ1v) is 20.1. The van der Waals surface area contributed by atoms with Gasteiger partial charge in [-0.1, -0.05) is 37.3 Å². The Kier molecular flexibility index (Phi) is 8.28. The summed E-state index contributed by atoms with van der Waals surface area (Å²) in [6, 6.07) is 9.13. The van der Waals surface area contributed by atoms with Crippen molar-refractivity contribution in [2.45, 2.75) is 119 Å². The number of fused-ring (bicyclic) bond motifs is 8. The van der Waals surface area contributed by atoms with E-state index < -0.39 is 28.5 Å². The molecule has 11 heteroatoms. The Morgan fingerprint density at radius 2 is 1.88 bits per heavy atom. The fraction of sp³-hybridized carbons (Fsp3) is 0.725. The van der Waals surface area contributed by atoms with Crippen LogP contribution in [0.4, 0.5) is 0 Å². The second-order valence-electron chi connectivity index (χ2n) is 17.3. The third-order valence-corrected chi connectivity index (χ3v) is 16.9. The number of carbonyl (C=O) groups is 3. The number of hydrogen-bond acceptors (Lipinski definition) is 11. The number of nitrogens with one attached hydrogen (secondary N) is 1. The lowest BCUT2D eigenvalue weighted by Gasteiger charge is -2.66. The van der Waals surface area contributed by atoms with Crippen molar-refractivity contribution in [3.8, 4) is 0 Å². The molecule has 7 fully saturated rings. The third-order valence-electron chi connectivity index (χ3n) is 15.3. The number of hydrogen-bond donors (Lipinski definition) is 3. The summed E-state index contributed by atoms with van der Waals surface area (Å²) in [5, 5.41) is 27.6. The van der Waals surface area contributed by atoms with Crippen LogP contribution in [0.15, 0.2) is 42.0 Å². The number of rotatable bonds is 6.